The molecular formula is C15H20FN3O. The van der Waals surface area contributed by atoms with Crippen LogP contribution in [0.5, 0.6) is 0 Å². The molecule has 0 saturated carbocycles. The molecule has 1 unspecified atom stereocenters. The maximum absolute atomic E-state index is 12.8. The summed E-state index contributed by atoms with van der Waals surface area (Å²) in [7, 11) is 3.90. The molecule has 0 aliphatic carbocycles. The highest BCUT2D eigenvalue weighted by Crippen LogP contribution is 2.17. The normalized spacial score (nSPS) is 12.8. The first-order valence-corrected chi connectivity index (χ1v) is 6.64. The van der Waals surface area contributed by atoms with Gasteiger partial charge in [0.25, 0.3) is 0 Å². The van der Waals surface area contributed by atoms with Crippen LogP contribution in [0.1, 0.15) is 23.7 Å². The van der Waals surface area contributed by atoms with Crippen molar-refractivity contribution in [3.05, 3.63) is 53.6 Å². The summed E-state index contributed by atoms with van der Waals surface area (Å²) in [5.74, 6) is -0.283. The average Bonchev–Trinajstić information content (AvgIpc) is 2.82. The average molecular weight is 277 g/mol. The van der Waals surface area contributed by atoms with Crippen LogP contribution in [0.2, 0.25) is 0 Å². The van der Waals surface area contributed by atoms with Crippen LogP contribution in [0.4, 0.5) is 4.39 Å². The van der Waals surface area contributed by atoms with Crippen LogP contribution in [-0.2, 0) is 13.6 Å². The molecule has 1 heterocycles. The zero-order valence-corrected chi connectivity index (χ0v) is 11.8. The summed E-state index contributed by atoms with van der Waals surface area (Å²) >= 11 is 0. The fourth-order valence-corrected chi connectivity index (χ4v) is 2.14. The molecule has 0 radical (unpaired) electrons. The van der Waals surface area contributed by atoms with Gasteiger partial charge in [0.15, 0.2) is 0 Å². The highest BCUT2D eigenvalue weighted by Gasteiger charge is 2.10. The van der Waals surface area contributed by atoms with E-state index in [0.717, 1.165) is 24.2 Å². The van der Waals surface area contributed by atoms with Gasteiger partial charge in [-0.05, 0) is 31.2 Å². The van der Waals surface area contributed by atoms with Gasteiger partial charge in [-0.3, -0.25) is 4.68 Å². The van der Waals surface area contributed by atoms with Gasteiger partial charge in [-0.25, -0.2) is 4.39 Å². The first kappa shape index (κ1) is 14.7. The number of hydrogen-bond acceptors (Lipinski definition) is 3. The summed E-state index contributed by atoms with van der Waals surface area (Å²) in [4.78, 5) is 2.13. The Balaban J connectivity index is 1.80. The number of halogens is 1. The van der Waals surface area contributed by atoms with Crippen LogP contribution in [-0.4, -0.2) is 33.4 Å². The van der Waals surface area contributed by atoms with Gasteiger partial charge in [-0.2, -0.15) is 5.10 Å². The van der Waals surface area contributed by atoms with Gasteiger partial charge in [0.2, 0.25) is 0 Å². The van der Waals surface area contributed by atoms with Crippen molar-refractivity contribution in [1.29, 1.82) is 0 Å². The molecule has 1 aromatic heterocycles. The largest absolute Gasteiger partial charge is 0.388 e. The predicted molar refractivity (Wildman–Crippen MR) is 75.5 cm³/mol. The molecule has 0 aliphatic rings. The molecule has 0 fully saturated rings. The molecule has 2 rings (SSSR count). The van der Waals surface area contributed by atoms with E-state index in [1.54, 1.807) is 16.8 Å². The Morgan fingerprint density at radius 2 is 2.05 bits per heavy atom. The summed E-state index contributed by atoms with van der Waals surface area (Å²) < 4.78 is 14.6. The lowest BCUT2D eigenvalue weighted by Gasteiger charge is -2.18. The van der Waals surface area contributed by atoms with Crippen molar-refractivity contribution in [2.45, 2.75) is 19.1 Å². The van der Waals surface area contributed by atoms with Gasteiger partial charge in [0.05, 0.1) is 12.3 Å². The number of aliphatic hydroxyl groups excluding tert-OH is 1. The van der Waals surface area contributed by atoms with Crippen LogP contribution < -0.4 is 0 Å². The third kappa shape index (κ3) is 4.15. The minimum atomic E-state index is -0.563. The lowest BCUT2D eigenvalue weighted by Crippen LogP contribution is -2.20. The predicted octanol–water partition coefficient (Wildman–Crippen LogP) is 2.11. The van der Waals surface area contributed by atoms with Crippen LogP contribution >= 0.6 is 0 Å². The van der Waals surface area contributed by atoms with Crippen molar-refractivity contribution in [3.63, 3.8) is 0 Å². The van der Waals surface area contributed by atoms with E-state index in [9.17, 15) is 9.50 Å². The third-order valence-electron chi connectivity index (χ3n) is 3.25. The Hall–Kier alpha value is -1.72. The van der Waals surface area contributed by atoms with Crippen LogP contribution in [0.25, 0.3) is 0 Å². The van der Waals surface area contributed by atoms with E-state index in [-0.39, 0.29) is 5.82 Å². The Morgan fingerprint density at radius 1 is 1.35 bits per heavy atom. The van der Waals surface area contributed by atoms with Crippen molar-refractivity contribution in [2.24, 2.45) is 7.05 Å². The second-order valence-corrected chi connectivity index (χ2v) is 5.12. The van der Waals surface area contributed by atoms with Crippen molar-refractivity contribution in [1.82, 2.24) is 14.7 Å². The fraction of sp³-hybridized carbons (Fsp3) is 0.400. The second-order valence-electron chi connectivity index (χ2n) is 5.12. The molecule has 2 aromatic rings. The SMILES string of the molecule is CN(CCC(O)c1ccc(F)cc1)Cc1cnn(C)c1. The third-order valence-corrected chi connectivity index (χ3v) is 3.25. The van der Waals surface area contributed by atoms with Crippen molar-refractivity contribution >= 4 is 0 Å². The van der Waals surface area contributed by atoms with Crippen molar-refractivity contribution in [2.75, 3.05) is 13.6 Å². The number of aromatic nitrogens is 2. The lowest BCUT2D eigenvalue weighted by atomic mass is 10.1. The van der Waals surface area contributed by atoms with Crippen LogP contribution in [0.3, 0.4) is 0 Å². The van der Waals surface area contributed by atoms with Crippen LogP contribution in [0, 0.1) is 5.82 Å². The van der Waals surface area contributed by atoms with E-state index in [1.807, 2.05) is 26.5 Å². The molecular weight excluding hydrogens is 257 g/mol. The number of nitrogens with zero attached hydrogens (tertiary/aromatic N) is 3. The minimum Gasteiger partial charge on any atom is -0.388 e. The Kier molecular flexibility index (Phi) is 4.87. The maximum atomic E-state index is 12.8. The Morgan fingerprint density at radius 3 is 2.65 bits per heavy atom. The lowest BCUT2D eigenvalue weighted by molar-refractivity contribution is 0.147. The van der Waals surface area contributed by atoms with E-state index >= 15 is 0 Å². The minimum absolute atomic E-state index is 0.283. The topological polar surface area (TPSA) is 41.3 Å². The number of benzene rings is 1. The van der Waals surface area contributed by atoms with Gasteiger partial charge >= 0.3 is 0 Å². The van der Waals surface area contributed by atoms with Crippen LogP contribution in [0.15, 0.2) is 36.7 Å². The zero-order valence-electron chi connectivity index (χ0n) is 11.8. The number of aliphatic hydroxyl groups is 1. The quantitative estimate of drug-likeness (QED) is 0.879. The summed E-state index contributed by atoms with van der Waals surface area (Å²) in [5.41, 5.74) is 1.90. The van der Waals surface area contributed by atoms with Gasteiger partial charge in [0, 0.05) is 31.9 Å². The number of hydrogen-bond donors (Lipinski definition) is 1. The first-order valence-electron chi connectivity index (χ1n) is 6.64. The Bertz CT molecular complexity index is 538. The van der Waals surface area contributed by atoms with Gasteiger partial charge in [0.1, 0.15) is 5.82 Å². The summed E-state index contributed by atoms with van der Waals surface area (Å²) in [6.45, 7) is 1.55. The molecule has 1 atom stereocenters. The summed E-state index contributed by atoms with van der Waals surface area (Å²) in [5, 5.41) is 14.2. The van der Waals surface area contributed by atoms with E-state index < -0.39 is 6.10 Å². The first-order chi connectivity index (χ1) is 9.54. The van der Waals surface area contributed by atoms with E-state index in [0.29, 0.717) is 6.42 Å². The zero-order chi connectivity index (χ0) is 14.5. The summed E-state index contributed by atoms with van der Waals surface area (Å²) in [6.07, 6.45) is 3.87. The van der Waals surface area contributed by atoms with Gasteiger partial charge in [-0.1, -0.05) is 12.1 Å². The highest BCUT2D eigenvalue weighted by molar-refractivity contribution is 5.18. The molecule has 0 saturated heterocycles. The second kappa shape index (κ2) is 6.63. The standard InChI is InChI=1S/C15H20FN3O/c1-18(10-12-9-17-19(2)11-12)8-7-15(20)13-3-5-14(16)6-4-13/h3-6,9,11,15,20H,7-8,10H2,1-2H3. The highest BCUT2D eigenvalue weighted by atomic mass is 19.1. The maximum Gasteiger partial charge on any atom is 0.123 e. The molecule has 1 aromatic carbocycles. The molecule has 0 amide bonds. The molecule has 0 bridgehead atoms. The van der Waals surface area contributed by atoms with E-state index in [4.69, 9.17) is 0 Å². The molecule has 4 nitrogen and oxygen atoms in total. The van der Waals surface area contributed by atoms with E-state index in [2.05, 4.69) is 10.00 Å². The number of rotatable bonds is 6. The number of aryl methyl sites for hydroxylation is 1. The van der Waals surface area contributed by atoms with Gasteiger partial charge < -0.3 is 10.0 Å². The molecule has 1 N–H and O–H groups in total. The molecule has 0 spiro atoms. The smallest absolute Gasteiger partial charge is 0.123 e. The fourth-order valence-electron chi connectivity index (χ4n) is 2.14. The molecule has 5 heteroatoms. The van der Waals surface area contributed by atoms with Crippen molar-refractivity contribution in [3.8, 4) is 0 Å². The van der Waals surface area contributed by atoms with Gasteiger partial charge in [-0.15, -0.1) is 0 Å². The molecule has 0 aliphatic heterocycles. The summed E-state index contributed by atoms with van der Waals surface area (Å²) in [6, 6.07) is 6.00. The molecule has 20 heavy (non-hydrogen) atoms. The van der Waals surface area contributed by atoms with E-state index in [1.165, 1.54) is 12.1 Å². The monoisotopic (exact) mass is 277 g/mol. The van der Waals surface area contributed by atoms with Crippen molar-refractivity contribution < 1.29 is 9.50 Å². The molecule has 108 valence electrons. The Labute approximate surface area is 118 Å².